The number of carbonyl (C=O) groups excluding carboxylic acids is 7. The zero-order valence-corrected chi connectivity index (χ0v) is 29.9. The van der Waals surface area contributed by atoms with Crippen molar-refractivity contribution in [2.75, 3.05) is 26.4 Å². The predicted molar refractivity (Wildman–Crippen MR) is 186 cm³/mol. The summed E-state index contributed by atoms with van der Waals surface area (Å²) in [7, 11) is 0. The summed E-state index contributed by atoms with van der Waals surface area (Å²) in [6, 6.07) is 11.3. The average molecular weight is 726 g/mol. The number of hydrogen-bond donors (Lipinski definition) is 3. The summed E-state index contributed by atoms with van der Waals surface area (Å²) in [6.07, 6.45) is -1.23. The minimum Gasteiger partial charge on any atom is -0.466 e. The summed E-state index contributed by atoms with van der Waals surface area (Å²) in [5.74, 6) is -4.89. The molecule has 2 rings (SSSR count). The van der Waals surface area contributed by atoms with E-state index in [0.717, 1.165) is 0 Å². The van der Waals surface area contributed by atoms with Gasteiger partial charge >= 0.3 is 23.9 Å². The van der Waals surface area contributed by atoms with Crippen molar-refractivity contribution in [2.24, 2.45) is 10.2 Å². The lowest BCUT2D eigenvalue weighted by Crippen LogP contribution is -2.52. The molecule has 3 unspecified atom stereocenters. The summed E-state index contributed by atoms with van der Waals surface area (Å²) in [5.41, 5.74) is 1.26. The van der Waals surface area contributed by atoms with Crippen LogP contribution in [-0.4, -0.2) is 86.2 Å². The third kappa shape index (κ3) is 15.9. The summed E-state index contributed by atoms with van der Waals surface area (Å²) in [4.78, 5) is 89.1. The highest BCUT2D eigenvalue weighted by Gasteiger charge is 2.30. The highest BCUT2D eigenvalue weighted by Crippen LogP contribution is 2.18. The van der Waals surface area contributed by atoms with Gasteiger partial charge in [-0.1, -0.05) is 18.2 Å². The van der Waals surface area contributed by atoms with Gasteiger partial charge in [-0.05, 0) is 83.4 Å². The second-order valence-corrected chi connectivity index (χ2v) is 11.0. The number of hydrogen-bond acceptors (Lipinski definition) is 13. The first-order chi connectivity index (χ1) is 25.0. The molecule has 3 N–H and O–H groups in total. The number of nitrogens with zero attached hydrogens (tertiary/aromatic N) is 2. The van der Waals surface area contributed by atoms with Gasteiger partial charge in [-0.25, -0.2) is 9.59 Å². The molecule has 16 nitrogen and oxygen atoms in total. The van der Waals surface area contributed by atoms with Gasteiger partial charge in [0.1, 0.15) is 18.1 Å². The molecular formula is C36H47N5O11. The Bertz CT molecular complexity index is 1520. The van der Waals surface area contributed by atoms with Crippen molar-refractivity contribution in [3.8, 4) is 0 Å². The van der Waals surface area contributed by atoms with Crippen LogP contribution in [0.15, 0.2) is 64.8 Å². The van der Waals surface area contributed by atoms with Crippen LogP contribution < -0.4 is 16.0 Å². The molecule has 2 aromatic rings. The molecule has 0 radical (unpaired) electrons. The first-order valence-electron chi connectivity index (χ1n) is 17.1. The van der Waals surface area contributed by atoms with Gasteiger partial charge in [-0.3, -0.25) is 24.0 Å². The number of azo groups is 1. The fraction of sp³-hybridized carbons (Fsp3) is 0.472. The Morgan fingerprint density at radius 1 is 0.538 bits per heavy atom. The third-order valence-corrected chi connectivity index (χ3v) is 7.13. The topological polar surface area (TPSA) is 217 Å². The van der Waals surface area contributed by atoms with Crippen LogP contribution in [0.4, 0.5) is 11.4 Å². The lowest BCUT2D eigenvalue weighted by molar-refractivity contribution is -0.149. The minimum atomic E-state index is -1.37. The van der Waals surface area contributed by atoms with Gasteiger partial charge in [0.25, 0.3) is 5.91 Å². The van der Waals surface area contributed by atoms with Gasteiger partial charge in [0.05, 0.1) is 37.8 Å². The van der Waals surface area contributed by atoms with Gasteiger partial charge in [0, 0.05) is 24.8 Å². The van der Waals surface area contributed by atoms with Crippen molar-refractivity contribution in [2.45, 2.75) is 84.3 Å². The lowest BCUT2D eigenvalue weighted by atomic mass is 10.1. The molecule has 16 heteroatoms. The maximum atomic E-state index is 13.6. The van der Waals surface area contributed by atoms with Crippen LogP contribution in [0.5, 0.6) is 0 Å². The first-order valence-corrected chi connectivity index (χ1v) is 17.1. The van der Waals surface area contributed by atoms with Crippen molar-refractivity contribution < 1.29 is 52.5 Å². The summed E-state index contributed by atoms with van der Waals surface area (Å²) < 4.78 is 19.9. The van der Waals surface area contributed by atoms with Crippen LogP contribution in [0.3, 0.4) is 0 Å². The number of amides is 3. The molecule has 0 aliphatic heterocycles. The maximum absolute atomic E-state index is 13.6. The normalized spacial score (nSPS) is 12.5. The van der Waals surface area contributed by atoms with E-state index in [1.165, 1.54) is 12.1 Å². The Morgan fingerprint density at radius 3 is 1.50 bits per heavy atom. The molecule has 0 aromatic heterocycles. The van der Waals surface area contributed by atoms with Crippen LogP contribution in [0.1, 0.15) is 76.6 Å². The monoisotopic (exact) mass is 725 g/mol. The first kappa shape index (κ1) is 42.5. The fourth-order valence-corrected chi connectivity index (χ4v) is 4.59. The summed E-state index contributed by atoms with van der Waals surface area (Å²) in [6.45, 7) is 6.75. The Balaban J connectivity index is 2.25. The standard InChI is InChI=1S/C36H47N5O11/c1-5-49-31(43)22-19-28(35(47)51-7-3)37-30(42)21-18-27(34(46)39-29(36(48)52-8-4)20-23-32(44)50-6-2)38-33(45)24-14-16-26(17-15-24)41-40-25-12-10-9-11-13-25/h9-17,27-29H,5-8,18-23H2,1-4H3,(H,37,42)(H,38,45)(H,39,46). The lowest BCUT2D eigenvalue weighted by Gasteiger charge is -2.23. The molecule has 0 saturated heterocycles. The summed E-state index contributed by atoms with van der Waals surface area (Å²) in [5, 5.41) is 15.9. The fourth-order valence-electron chi connectivity index (χ4n) is 4.59. The van der Waals surface area contributed by atoms with E-state index in [1.54, 1.807) is 52.0 Å². The Labute approximate surface area is 302 Å². The highest BCUT2D eigenvalue weighted by molar-refractivity contribution is 5.98. The van der Waals surface area contributed by atoms with E-state index in [0.29, 0.717) is 11.4 Å². The molecule has 0 saturated carbocycles. The number of carbonyl (C=O) groups is 7. The number of ether oxygens (including phenoxy) is 4. The predicted octanol–water partition coefficient (Wildman–Crippen LogP) is 3.76. The number of rotatable bonds is 22. The van der Waals surface area contributed by atoms with Crippen LogP contribution in [-0.2, 0) is 47.7 Å². The van der Waals surface area contributed by atoms with E-state index in [4.69, 9.17) is 18.9 Å². The second kappa shape index (κ2) is 23.7. The molecule has 0 fully saturated rings. The molecule has 2 aromatic carbocycles. The maximum Gasteiger partial charge on any atom is 0.328 e. The Kier molecular flexibility index (Phi) is 19.4. The molecular weight excluding hydrogens is 678 g/mol. The van der Waals surface area contributed by atoms with Crippen molar-refractivity contribution in [1.82, 2.24) is 16.0 Å². The Hall–Kier alpha value is -5.67. The van der Waals surface area contributed by atoms with Gasteiger partial charge in [0.15, 0.2) is 0 Å². The highest BCUT2D eigenvalue weighted by atomic mass is 16.5. The molecule has 282 valence electrons. The molecule has 52 heavy (non-hydrogen) atoms. The molecule has 3 amide bonds. The molecule has 0 heterocycles. The van der Waals surface area contributed by atoms with E-state index in [9.17, 15) is 33.6 Å². The van der Waals surface area contributed by atoms with Gasteiger partial charge in [0.2, 0.25) is 11.8 Å². The van der Waals surface area contributed by atoms with Crippen molar-refractivity contribution >= 4 is 53.0 Å². The SMILES string of the molecule is CCOC(=O)CCC(NC(=O)CCC(NC(=O)c1ccc(N=Nc2ccccc2)cc1)C(=O)NC(CCC(=O)OCC)C(=O)OCC)C(=O)OCC. The van der Waals surface area contributed by atoms with E-state index < -0.39 is 59.7 Å². The second-order valence-electron chi connectivity index (χ2n) is 11.0. The largest absolute Gasteiger partial charge is 0.466 e. The third-order valence-electron chi connectivity index (χ3n) is 7.13. The minimum absolute atomic E-state index is 0.00363. The zero-order chi connectivity index (χ0) is 38.3. The summed E-state index contributed by atoms with van der Waals surface area (Å²) >= 11 is 0. The Morgan fingerprint density at radius 2 is 1.00 bits per heavy atom. The van der Waals surface area contributed by atoms with Crippen LogP contribution in [0.2, 0.25) is 0 Å². The van der Waals surface area contributed by atoms with Crippen molar-refractivity contribution in [1.29, 1.82) is 0 Å². The molecule has 0 aliphatic rings. The van der Waals surface area contributed by atoms with Crippen molar-refractivity contribution in [3.63, 3.8) is 0 Å². The number of nitrogens with one attached hydrogen (secondary N) is 3. The smallest absolute Gasteiger partial charge is 0.328 e. The van der Waals surface area contributed by atoms with Crippen LogP contribution in [0.25, 0.3) is 0 Å². The van der Waals surface area contributed by atoms with E-state index in [1.807, 2.05) is 18.2 Å². The van der Waals surface area contributed by atoms with Gasteiger partial charge in [-0.15, -0.1) is 0 Å². The van der Waals surface area contributed by atoms with Crippen LogP contribution >= 0.6 is 0 Å². The van der Waals surface area contributed by atoms with Crippen LogP contribution in [0, 0.1) is 0 Å². The molecule has 0 bridgehead atoms. The molecule has 3 atom stereocenters. The molecule has 0 spiro atoms. The molecule has 0 aliphatic carbocycles. The number of benzene rings is 2. The van der Waals surface area contributed by atoms with E-state index in [2.05, 4.69) is 26.2 Å². The van der Waals surface area contributed by atoms with E-state index >= 15 is 0 Å². The van der Waals surface area contributed by atoms with Gasteiger partial charge in [-0.2, -0.15) is 10.2 Å². The van der Waals surface area contributed by atoms with Crippen molar-refractivity contribution in [3.05, 3.63) is 60.2 Å². The quantitative estimate of drug-likeness (QED) is 0.0902. The van der Waals surface area contributed by atoms with Gasteiger partial charge < -0.3 is 34.9 Å². The zero-order valence-electron chi connectivity index (χ0n) is 29.9. The van der Waals surface area contributed by atoms with E-state index in [-0.39, 0.29) is 70.5 Å². The number of esters is 4. The average Bonchev–Trinajstić information content (AvgIpc) is 3.13.